The number of aromatic nitrogens is 1. The lowest BCUT2D eigenvalue weighted by Gasteiger charge is -2.32. The number of ether oxygens (including phenoxy) is 2. The summed E-state index contributed by atoms with van der Waals surface area (Å²) in [7, 11) is 0. The van der Waals surface area contributed by atoms with Gasteiger partial charge in [-0.3, -0.25) is 9.98 Å². The lowest BCUT2D eigenvalue weighted by Crippen LogP contribution is -2.35. The van der Waals surface area contributed by atoms with E-state index in [1.165, 1.54) is 0 Å². The van der Waals surface area contributed by atoms with E-state index in [4.69, 9.17) is 26.1 Å². The first-order valence-electron chi connectivity index (χ1n) is 10.6. The molecule has 1 aromatic heterocycles. The summed E-state index contributed by atoms with van der Waals surface area (Å²) in [5.41, 5.74) is 2.05. The second kappa shape index (κ2) is 9.06. The molecule has 160 valence electrons. The lowest BCUT2D eigenvalue weighted by atomic mass is 9.95. The highest BCUT2D eigenvalue weighted by atomic mass is 35.5. The zero-order valence-electron chi connectivity index (χ0n) is 17.8. The van der Waals surface area contributed by atoms with Crippen molar-refractivity contribution in [3.63, 3.8) is 0 Å². The summed E-state index contributed by atoms with van der Waals surface area (Å²) in [4.78, 5) is 12.2. The number of amidine groups is 1. The van der Waals surface area contributed by atoms with Gasteiger partial charge in [0.2, 0.25) is 0 Å². The Balaban J connectivity index is 1.81. The monoisotopic (exact) mass is 445 g/mol. The topological polar surface area (TPSA) is 47.0 Å². The quantitative estimate of drug-likeness (QED) is 0.530. The van der Waals surface area contributed by atoms with Gasteiger partial charge in [-0.2, -0.15) is 0 Å². The third kappa shape index (κ3) is 4.00. The van der Waals surface area contributed by atoms with Crippen molar-refractivity contribution in [2.75, 3.05) is 12.4 Å². The van der Waals surface area contributed by atoms with E-state index in [2.05, 4.69) is 28.9 Å². The van der Waals surface area contributed by atoms with Gasteiger partial charge in [0.15, 0.2) is 16.7 Å². The van der Waals surface area contributed by atoms with E-state index in [0.717, 1.165) is 28.6 Å². The predicted molar refractivity (Wildman–Crippen MR) is 124 cm³/mol. The van der Waals surface area contributed by atoms with Crippen molar-refractivity contribution in [3.8, 4) is 11.5 Å². The minimum absolute atomic E-state index is 0.00898. The number of nitrogens with zero attached hydrogens (tertiary/aromatic N) is 3. The number of hydrogen-bond acceptors (Lipinski definition) is 6. The van der Waals surface area contributed by atoms with E-state index in [1.807, 2.05) is 56.9 Å². The number of fused-ring (bicyclic) bond motifs is 1. The van der Waals surface area contributed by atoms with Crippen LogP contribution in [0.3, 0.4) is 0 Å². The largest absolute Gasteiger partial charge is 0.490 e. The minimum Gasteiger partial charge on any atom is -0.490 e. The Morgan fingerprint density at radius 3 is 2.77 bits per heavy atom. The van der Waals surface area contributed by atoms with Gasteiger partial charge < -0.3 is 14.4 Å². The Kier molecular flexibility index (Phi) is 6.44. The summed E-state index contributed by atoms with van der Waals surface area (Å²) in [5, 5.41) is 1.66. The molecule has 1 fully saturated rings. The van der Waals surface area contributed by atoms with Crippen molar-refractivity contribution in [2.24, 2.45) is 4.99 Å². The van der Waals surface area contributed by atoms with Gasteiger partial charge in [-0.05, 0) is 57.0 Å². The lowest BCUT2D eigenvalue weighted by molar-refractivity contribution is 0.222. The average Bonchev–Trinajstić information content (AvgIpc) is 3.30. The van der Waals surface area contributed by atoms with E-state index in [-0.39, 0.29) is 18.2 Å². The van der Waals surface area contributed by atoms with E-state index in [9.17, 15) is 0 Å². The van der Waals surface area contributed by atoms with Crippen LogP contribution in [0.15, 0.2) is 41.5 Å². The van der Waals surface area contributed by atoms with Gasteiger partial charge in [-0.1, -0.05) is 36.4 Å². The fourth-order valence-corrected chi connectivity index (χ4v) is 5.68. The summed E-state index contributed by atoms with van der Waals surface area (Å²) in [6.45, 7) is 8.72. The number of aliphatic imine (C=N–C) groups is 1. The number of halogens is 1. The Bertz CT molecular complexity index is 922. The van der Waals surface area contributed by atoms with E-state index < -0.39 is 0 Å². The summed E-state index contributed by atoms with van der Waals surface area (Å²) in [5.74, 6) is 2.34. The maximum atomic E-state index is 6.72. The van der Waals surface area contributed by atoms with Crippen LogP contribution in [0, 0.1) is 0 Å². The van der Waals surface area contributed by atoms with Crippen LogP contribution in [-0.4, -0.2) is 39.6 Å². The second-order valence-electron chi connectivity index (χ2n) is 7.77. The fourth-order valence-electron chi connectivity index (χ4n) is 4.08. The second-order valence-corrected chi connectivity index (χ2v) is 9.16. The molecule has 3 atom stereocenters. The first-order chi connectivity index (χ1) is 14.5. The van der Waals surface area contributed by atoms with Crippen molar-refractivity contribution in [1.29, 1.82) is 0 Å². The highest BCUT2D eigenvalue weighted by Gasteiger charge is 2.45. The first-order valence-corrected chi connectivity index (χ1v) is 11.9. The Labute approximate surface area is 187 Å². The fraction of sp³-hybridized carbons (Fsp3) is 0.478. The Morgan fingerprint density at radius 1 is 1.27 bits per heavy atom. The Hall–Kier alpha value is -1.92. The molecule has 5 nitrogen and oxygen atoms in total. The summed E-state index contributed by atoms with van der Waals surface area (Å²) >= 11 is 8.55. The maximum absolute atomic E-state index is 6.72. The van der Waals surface area contributed by atoms with Crippen LogP contribution in [0.2, 0.25) is 5.02 Å². The van der Waals surface area contributed by atoms with Crippen molar-refractivity contribution in [2.45, 2.75) is 58.3 Å². The van der Waals surface area contributed by atoms with Crippen molar-refractivity contribution >= 4 is 28.5 Å². The molecule has 1 aromatic carbocycles. The summed E-state index contributed by atoms with van der Waals surface area (Å²) in [6.07, 6.45) is 2.91. The molecule has 30 heavy (non-hydrogen) atoms. The van der Waals surface area contributed by atoms with Gasteiger partial charge in [0.1, 0.15) is 6.04 Å². The highest BCUT2D eigenvalue weighted by molar-refractivity contribution is 8.14. The molecule has 4 rings (SSSR count). The van der Waals surface area contributed by atoms with Crippen LogP contribution in [0.25, 0.3) is 0 Å². The van der Waals surface area contributed by atoms with Crippen LogP contribution in [0.5, 0.6) is 11.5 Å². The molecule has 0 aliphatic carbocycles. The molecule has 0 amide bonds. The van der Waals surface area contributed by atoms with Crippen molar-refractivity contribution < 1.29 is 9.47 Å². The van der Waals surface area contributed by atoms with Gasteiger partial charge in [0, 0.05) is 18.0 Å². The number of thioether (sulfide) groups is 1. The number of benzene rings is 1. The molecule has 0 bridgehead atoms. The van der Waals surface area contributed by atoms with Gasteiger partial charge >= 0.3 is 0 Å². The zero-order valence-corrected chi connectivity index (χ0v) is 19.4. The molecule has 7 heteroatoms. The third-order valence-electron chi connectivity index (χ3n) is 5.36. The minimum atomic E-state index is -0.0783. The summed E-state index contributed by atoms with van der Waals surface area (Å²) < 4.78 is 11.9. The number of rotatable bonds is 7. The normalized spacial score (nSPS) is 22.9. The molecule has 2 aliphatic rings. The highest BCUT2D eigenvalue weighted by Crippen LogP contribution is 2.50. The van der Waals surface area contributed by atoms with Crippen molar-refractivity contribution in [1.82, 2.24) is 9.88 Å². The van der Waals surface area contributed by atoms with Crippen LogP contribution < -0.4 is 9.47 Å². The standard InChI is InChI=1S/C23H28ClN3O2S/c1-5-16-13-30-23-26-20(18-9-7-8-10-25-18)21(27(16)23)15-11-17(24)22(29-14(3)4)19(12-15)28-6-2/h7-12,14,16,20-21H,5-6,13H2,1-4H3/t16-,20+,21+/m0/s1. The molecular weight excluding hydrogens is 418 g/mol. The number of hydrogen-bond donors (Lipinski definition) is 0. The molecule has 0 radical (unpaired) electrons. The molecule has 1 saturated heterocycles. The molecule has 0 N–H and O–H groups in total. The van der Waals surface area contributed by atoms with Gasteiger partial charge in [0.05, 0.1) is 29.5 Å². The predicted octanol–water partition coefficient (Wildman–Crippen LogP) is 5.90. The molecule has 2 aromatic rings. The van der Waals surface area contributed by atoms with Crippen LogP contribution in [0.1, 0.15) is 57.5 Å². The van der Waals surface area contributed by atoms with Gasteiger partial charge in [-0.25, -0.2) is 0 Å². The van der Waals surface area contributed by atoms with E-state index in [0.29, 0.717) is 29.2 Å². The molecule has 0 spiro atoms. The average molecular weight is 446 g/mol. The molecular formula is C23H28ClN3O2S. The summed E-state index contributed by atoms with van der Waals surface area (Å²) in [6, 6.07) is 10.5. The van der Waals surface area contributed by atoms with Crippen molar-refractivity contribution in [3.05, 3.63) is 52.8 Å². The number of pyridine rings is 1. The molecule has 0 unspecified atom stereocenters. The maximum Gasteiger partial charge on any atom is 0.180 e. The van der Waals surface area contributed by atoms with Gasteiger partial charge in [-0.15, -0.1) is 0 Å². The molecule has 2 aliphatic heterocycles. The zero-order chi connectivity index (χ0) is 21.3. The van der Waals surface area contributed by atoms with Crippen LogP contribution in [0.4, 0.5) is 0 Å². The smallest absolute Gasteiger partial charge is 0.180 e. The third-order valence-corrected chi connectivity index (χ3v) is 6.76. The van der Waals surface area contributed by atoms with Gasteiger partial charge in [0.25, 0.3) is 0 Å². The Morgan fingerprint density at radius 2 is 2.10 bits per heavy atom. The van der Waals surface area contributed by atoms with E-state index in [1.54, 1.807) is 0 Å². The van der Waals surface area contributed by atoms with Crippen LogP contribution in [-0.2, 0) is 0 Å². The SMILES string of the molecule is CCOc1cc([C@@H]2[C@@H](c3ccccn3)N=C3SC[C@H](CC)N32)cc(Cl)c1OC(C)C. The molecule has 0 saturated carbocycles. The first kappa shape index (κ1) is 21.3. The van der Waals surface area contributed by atoms with Crippen LogP contribution >= 0.6 is 23.4 Å². The molecule has 3 heterocycles. The van der Waals surface area contributed by atoms with E-state index >= 15 is 0 Å².